The standard InChI is InChI=1S/C12H17NO4S/c1-17-8-7-13-12(14)11-5-3-10(4-6-11)9-18(2,15)16/h3-6H,7-9H2,1-2H3,(H,13,14). The van der Waals surface area contributed by atoms with Gasteiger partial charge < -0.3 is 10.1 Å². The van der Waals surface area contributed by atoms with Crippen molar-refractivity contribution in [3.8, 4) is 0 Å². The van der Waals surface area contributed by atoms with E-state index in [0.29, 0.717) is 24.3 Å². The molecule has 5 nitrogen and oxygen atoms in total. The highest BCUT2D eigenvalue weighted by atomic mass is 32.2. The Morgan fingerprint density at radius 1 is 1.28 bits per heavy atom. The molecule has 0 radical (unpaired) electrons. The predicted molar refractivity (Wildman–Crippen MR) is 69.2 cm³/mol. The van der Waals surface area contributed by atoms with Gasteiger partial charge in [-0.05, 0) is 17.7 Å². The third-order valence-electron chi connectivity index (χ3n) is 2.24. The van der Waals surface area contributed by atoms with Crippen molar-refractivity contribution in [2.75, 3.05) is 26.5 Å². The molecule has 0 saturated heterocycles. The average Bonchev–Trinajstić information content (AvgIpc) is 2.28. The Kier molecular flexibility index (Phi) is 5.30. The van der Waals surface area contributed by atoms with Crippen molar-refractivity contribution in [1.29, 1.82) is 0 Å². The lowest BCUT2D eigenvalue weighted by atomic mass is 10.1. The van der Waals surface area contributed by atoms with Crippen molar-refractivity contribution in [3.63, 3.8) is 0 Å². The number of carbonyl (C=O) groups is 1. The second-order valence-electron chi connectivity index (χ2n) is 4.02. The SMILES string of the molecule is COCCNC(=O)c1ccc(CS(C)(=O)=O)cc1. The summed E-state index contributed by atoms with van der Waals surface area (Å²) in [6.45, 7) is 0.901. The van der Waals surface area contributed by atoms with Gasteiger partial charge in [0.1, 0.15) is 0 Å². The third-order valence-corrected chi connectivity index (χ3v) is 3.09. The molecule has 1 amide bonds. The molecule has 1 aromatic carbocycles. The second kappa shape index (κ2) is 6.51. The maximum absolute atomic E-state index is 11.6. The molecule has 1 aromatic rings. The summed E-state index contributed by atoms with van der Waals surface area (Å²) in [5.41, 5.74) is 1.18. The highest BCUT2D eigenvalue weighted by Gasteiger charge is 2.07. The second-order valence-corrected chi connectivity index (χ2v) is 6.16. The van der Waals surface area contributed by atoms with Crippen molar-refractivity contribution < 1.29 is 17.9 Å². The topological polar surface area (TPSA) is 72.5 Å². The monoisotopic (exact) mass is 271 g/mol. The summed E-state index contributed by atoms with van der Waals surface area (Å²) in [4.78, 5) is 11.6. The normalized spacial score (nSPS) is 11.2. The van der Waals surface area contributed by atoms with E-state index in [2.05, 4.69) is 5.32 Å². The zero-order valence-electron chi connectivity index (χ0n) is 10.5. The molecule has 0 aromatic heterocycles. The number of benzene rings is 1. The third kappa shape index (κ3) is 5.29. The Hall–Kier alpha value is -1.40. The maximum atomic E-state index is 11.6. The van der Waals surface area contributed by atoms with Crippen LogP contribution in [0.2, 0.25) is 0 Å². The lowest BCUT2D eigenvalue weighted by Crippen LogP contribution is -2.26. The van der Waals surface area contributed by atoms with Gasteiger partial charge in [0, 0.05) is 25.5 Å². The number of hydrogen-bond donors (Lipinski definition) is 1. The number of rotatable bonds is 6. The van der Waals surface area contributed by atoms with Crippen LogP contribution in [-0.4, -0.2) is 40.8 Å². The minimum atomic E-state index is -3.04. The lowest BCUT2D eigenvalue weighted by molar-refractivity contribution is 0.0937. The summed E-state index contributed by atoms with van der Waals surface area (Å²) >= 11 is 0. The van der Waals surface area contributed by atoms with Crippen LogP contribution < -0.4 is 5.32 Å². The first-order valence-corrected chi connectivity index (χ1v) is 7.52. The van der Waals surface area contributed by atoms with Crippen LogP contribution in [0.3, 0.4) is 0 Å². The number of carbonyl (C=O) groups excluding carboxylic acids is 1. The molecule has 0 bridgehead atoms. The summed E-state index contributed by atoms with van der Waals surface area (Å²) in [5, 5.41) is 2.69. The molecular weight excluding hydrogens is 254 g/mol. The molecule has 0 atom stereocenters. The van der Waals surface area contributed by atoms with Crippen molar-refractivity contribution in [1.82, 2.24) is 5.32 Å². The molecule has 0 heterocycles. The van der Waals surface area contributed by atoms with E-state index in [1.54, 1.807) is 31.4 Å². The Morgan fingerprint density at radius 3 is 2.39 bits per heavy atom. The fourth-order valence-corrected chi connectivity index (χ4v) is 2.22. The van der Waals surface area contributed by atoms with E-state index in [1.807, 2.05) is 0 Å². The first-order valence-electron chi connectivity index (χ1n) is 5.46. The number of sulfone groups is 1. The quantitative estimate of drug-likeness (QED) is 0.769. The Bertz CT molecular complexity index is 493. The number of nitrogens with one attached hydrogen (secondary N) is 1. The molecule has 1 N–H and O–H groups in total. The van der Waals surface area contributed by atoms with Crippen molar-refractivity contribution in [3.05, 3.63) is 35.4 Å². The molecule has 0 aliphatic heterocycles. The van der Waals surface area contributed by atoms with Gasteiger partial charge in [-0.3, -0.25) is 4.79 Å². The van der Waals surface area contributed by atoms with Gasteiger partial charge in [0.25, 0.3) is 5.91 Å². The first kappa shape index (κ1) is 14.7. The van der Waals surface area contributed by atoms with Gasteiger partial charge in [0.2, 0.25) is 0 Å². The maximum Gasteiger partial charge on any atom is 0.251 e. The highest BCUT2D eigenvalue weighted by molar-refractivity contribution is 7.89. The number of ether oxygens (including phenoxy) is 1. The zero-order chi connectivity index (χ0) is 13.6. The minimum absolute atomic E-state index is 0.0153. The van der Waals surface area contributed by atoms with E-state index < -0.39 is 9.84 Å². The van der Waals surface area contributed by atoms with Crippen LogP contribution in [0, 0.1) is 0 Å². The van der Waals surface area contributed by atoms with Crippen LogP contribution in [0.4, 0.5) is 0 Å². The van der Waals surface area contributed by atoms with E-state index in [1.165, 1.54) is 6.26 Å². The Balaban J connectivity index is 2.62. The van der Waals surface area contributed by atoms with Gasteiger partial charge in [-0.1, -0.05) is 12.1 Å². The van der Waals surface area contributed by atoms with Gasteiger partial charge in [0.05, 0.1) is 12.4 Å². The Morgan fingerprint density at radius 2 is 1.89 bits per heavy atom. The summed E-state index contributed by atoms with van der Waals surface area (Å²) < 4.78 is 27.0. The van der Waals surface area contributed by atoms with Gasteiger partial charge in [0.15, 0.2) is 9.84 Å². The minimum Gasteiger partial charge on any atom is -0.383 e. The molecule has 0 aliphatic carbocycles. The van der Waals surface area contributed by atoms with Gasteiger partial charge in [-0.25, -0.2) is 8.42 Å². The van der Waals surface area contributed by atoms with E-state index in [4.69, 9.17) is 4.74 Å². The van der Waals surface area contributed by atoms with E-state index in [0.717, 1.165) is 0 Å². The van der Waals surface area contributed by atoms with Crippen molar-refractivity contribution in [2.45, 2.75) is 5.75 Å². The van der Waals surface area contributed by atoms with E-state index in [-0.39, 0.29) is 11.7 Å². The van der Waals surface area contributed by atoms with Crippen LogP contribution in [0.15, 0.2) is 24.3 Å². The molecule has 18 heavy (non-hydrogen) atoms. The van der Waals surface area contributed by atoms with Gasteiger partial charge >= 0.3 is 0 Å². The average molecular weight is 271 g/mol. The number of methoxy groups -OCH3 is 1. The molecule has 6 heteroatoms. The van der Waals surface area contributed by atoms with Crippen molar-refractivity contribution >= 4 is 15.7 Å². The van der Waals surface area contributed by atoms with Gasteiger partial charge in [-0.15, -0.1) is 0 Å². The molecule has 0 saturated carbocycles. The highest BCUT2D eigenvalue weighted by Crippen LogP contribution is 2.07. The van der Waals surface area contributed by atoms with Crippen LogP contribution in [0.5, 0.6) is 0 Å². The molecule has 0 unspecified atom stereocenters. The molecule has 0 aliphatic rings. The summed E-state index contributed by atoms with van der Waals surface area (Å²) in [7, 11) is -1.48. The van der Waals surface area contributed by atoms with Crippen LogP contribution in [0.25, 0.3) is 0 Å². The predicted octanol–water partition coefficient (Wildman–Crippen LogP) is 0.607. The summed E-state index contributed by atoms with van der Waals surface area (Å²) in [6.07, 6.45) is 1.18. The molecule has 0 spiro atoms. The first-order chi connectivity index (χ1) is 8.42. The lowest BCUT2D eigenvalue weighted by Gasteiger charge is -2.05. The van der Waals surface area contributed by atoms with E-state index in [9.17, 15) is 13.2 Å². The fourth-order valence-electron chi connectivity index (χ4n) is 1.42. The van der Waals surface area contributed by atoms with E-state index >= 15 is 0 Å². The van der Waals surface area contributed by atoms with Crippen LogP contribution in [0.1, 0.15) is 15.9 Å². The van der Waals surface area contributed by atoms with Crippen molar-refractivity contribution in [2.24, 2.45) is 0 Å². The molecule has 0 fully saturated rings. The van der Waals surface area contributed by atoms with Crippen LogP contribution in [-0.2, 0) is 20.3 Å². The number of amides is 1. The number of hydrogen-bond acceptors (Lipinski definition) is 4. The fraction of sp³-hybridized carbons (Fsp3) is 0.417. The largest absolute Gasteiger partial charge is 0.383 e. The molecule has 100 valence electrons. The van der Waals surface area contributed by atoms with Gasteiger partial charge in [-0.2, -0.15) is 0 Å². The van der Waals surface area contributed by atoms with Crippen LogP contribution >= 0.6 is 0 Å². The zero-order valence-corrected chi connectivity index (χ0v) is 11.3. The summed E-state index contributed by atoms with van der Waals surface area (Å²) in [6, 6.07) is 6.52. The smallest absolute Gasteiger partial charge is 0.251 e. The Labute approximate surface area is 107 Å². The molecular formula is C12H17NO4S. The molecule has 1 rings (SSSR count). The summed E-state index contributed by atoms with van der Waals surface area (Å²) in [5.74, 6) is -0.212.